The van der Waals surface area contributed by atoms with E-state index in [2.05, 4.69) is 0 Å². The van der Waals surface area contributed by atoms with Gasteiger partial charge in [-0.3, -0.25) is 4.79 Å². The molecule has 1 aromatic carbocycles. The number of phenols is 1. The first-order valence-electron chi connectivity index (χ1n) is 3.59. The van der Waals surface area contributed by atoms with Crippen LogP contribution in [0.3, 0.4) is 0 Å². The molecule has 0 aromatic heterocycles. The minimum atomic E-state index is 0.121. The van der Waals surface area contributed by atoms with E-state index in [1.165, 1.54) is 0 Å². The second-order valence-corrected chi connectivity index (χ2v) is 2.81. The summed E-state index contributed by atoms with van der Waals surface area (Å²) in [6.07, 6.45) is 0.671. The van der Waals surface area contributed by atoms with Gasteiger partial charge in [0.25, 0.3) is 0 Å². The number of hydrogen-bond donors (Lipinski definition) is 1. The molecule has 1 aliphatic rings. The van der Waals surface area contributed by atoms with E-state index in [4.69, 9.17) is 5.11 Å². The van der Waals surface area contributed by atoms with Gasteiger partial charge in [0.1, 0.15) is 11.5 Å². The van der Waals surface area contributed by atoms with Crippen molar-refractivity contribution in [1.82, 2.24) is 0 Å². The molecule has 1 saturated carbocycles. The summed E-state index contributed by atoms with van der Waals surface area (Å²) in [5, 5.41) is 8.94. The summed E-state index contributed by atoms with van der Waals surface area (Å²) in [7, 11) is 0. The van der Waals surface area contributed by atoms with Gasteiger partial charge in [-0.1, -0.05) is 12.1 Å². The van der Waals surface area contributed by atoms with Gasteiger partial charge in [-0.2, -0.15) is 0 Å². The van der Waals surface area contributed by atoms with Crippen molar-refractivity contribution >= 4 is 5.78 Å². The van der Waals surface area contributed by atoms with Gasteiger partial charge in [-0.15, -0.1) is 0 Å². The zero-order valence-corrected chi connectivity index (χ0v) is 5.95. The summed E-state index contributed by atoms with van der Waals surface area (Å²) in [6, 6.07) is 6.82. The molecular weight excluding hydrogens is 140 g/mol. The van der Waals surface area contributed by atoms with Crippen molar-refractivity contribution in [3.8, 4) is 5.75 Å². The predicted octanol–water partition coefficient (Wildman–Crippen LogP) is 1.45. The van der Waals surface area contributed by atoms with Crippen LogP contribution in [0.5, 0.6) is 5.75 Å². The van der Waals surface area contributed by atoms with Crippen LogP contribution in [0.2, 0.25) is 0 Å². The first-order valence-corrected chi connectivity index (χ1v) is 3.59. The predicted molar refractivity (Wildman–Crippen MR) is 40.5 cm³/mol. The quantitative estimate of drug-likeness (QED) is 0.654. The van der Waals surface area contributed by atoms with E-state index in [1.54, 1.807) is 24.3 Å². The van der Waals surface area contributed by atoms with Crippen LogP contribution < -0.4 is 0 Å². The lowest BCUT2D eigenvalue weighted by atomic mass is 10.1. The number of ketones is 1. The zero-order chi connectivity index (χ0) is 7.84. The van der Waals surface area contributed by atoms with Gasteiger partial charge in [0.15, 0.2) is 0 Å². The molecule has 0 bridgehead atoms. The maximum Gasteiger partial charge on any atom is 0.141 e. The highest BCUT2D eigenvalue weighted by Crippen LogP contribution is 2.35. The minimum Gasteiger partial charge on any atom is -0.508 e. The fourth-order valence-electron chi connectivity index (χ4n) is 1.15. The lowest BCUT2D eigenvalue weighted by Gasteiger charge is -1.94. The smallest absolute Gasteiger partial charge is 0.141 e. The number of Topliss-reactive ketones (excluding diaryl/α,β-unsaturated/α-hetero) is 1. The third kappa shape index (κ3) is 1.11. The molecule has 1 fully saturated rings. The van der Waals surface area contributed by atoms with Crippen LogP contribution >= 0.6 is 0 Å². The molecular formula is C9H8O2. The fourth-order valence-corrected chi connectivity index (χ4v) is 1.15. The van der Waals surface area contributed by atoms with E-state index >= 15 is 0 Å². The maximum atomic E-state index is 10.7. The second-order valence-electron chi connectivity index (χ2n) is 2.81. The van der Waals surface area contributed by atoms with Crippen molar-refractivity contribution in [1.29, 1.82) is 0 Å². The Morgan fingerprint density at radius 1 is 1.27 bits per heavy atom. The molecule has 11 heavy (non-hydrogen) atoms. The van der Waals surface area contributed by atoms with Crippen LogP contribution in [0, 0.1) is 0 Å². The van der Waals surface area contributed by atoms with Gasteiger partial charge >= 0.3 is 0 Å². The van der Waals surface area contributed by atoms with Crippen LogP contribution in [0.15, 0.2) is 24.3 Å². The van der Waals surface area contributed by atoms with Crippen molar-refractivity contribution in [2.75, 3.05) is 0 Å². The Hall–Kier alpha value is -1.31. The number of phenolic OH excluding ortho intramolecular Hbond substituents is 1. The van der Waals surface area contributed by atoms with E-state index in [0.717, 1.165) is 5.56 Å². The van der Waals surface area contributed by atoms with E-state index in [9.17, 15) is 4.79 Å². The van der Waals surface area contributed by atoms with Crippen molar-refractivity contribution in [2.24, 2.45) is 0 Å². The third-order valence-corrected chi connectivity index (χ3v) is 1.93. The standard InChI is InChI=1S/C9H8O2/c10-7-3-1-6(2-4-7)8-5-9(8)11/h1-4,8,10H,5H2. The van der Waals surface area contributed by atoms with Crippen molar-refractivity contribution in [3.63, 3.8) is 0 Å². The molecule has 2 rings (SSSR count). The summed E-state index contributed by atoms with van der Waals surface area (Å²) in [5.74, 6) is 0.674. The van der Waals surface area contributed by atoms with Crippen LogP contribution in [0.25, 0.3) is 0 Å². The number of carbonyl (C=O) groups is 1. The normalized spacial score (nSPS) is 21.8. The highest BCUT2D eigenvalue weighted by molar-refractivity contribution is 6.01. The van der Waals surface area contributed by atoms with Crippen molar-refractivity contribution in [2.45, 2.75) is 12.3 Å². The molecule has 1 atom stereocenters. The van der Waals surface area contributed by atoms with Gasteiger partial charge in [0, 0.05) is 12.3 Å². The summed E-state index contributed by atoms with van der Waals surface area (Å²) >= 11 is 0. The van der Waals surface area contributed by atoms with Crippen molar-refractivity contribution in [3.05, 3.63) is 29.8 Å². The molecule has 0 heterocycles. The largest absolute Gasteiger partial charge is 0.508 e. The SMILES string of the molecule is O=C1CC1c1ccc(O)cc1. The van der Waals surface area contributed by atoms with Crippen LogP contribution in [-0.2, 0) is 4.79 Å². The number of hydrogen-bond acceptors (Lipinski definition) is 2. The molecule has 0 saturated heterocycles. The Morgan fingerprint density at radius 2 is 1.82 bits per heavy atom. The van der Waals surface area contributed by atoms with Crippen LogP contribution in [0.1, 0.15) is 17.9 Å². The number of rotatable bonds is 1. The highest BCUT2D eigenvalue weighted by atomic mass is 16.3. The zero-order valence-electron chi connectivity index (χ0n) is 5.95. The Bertz CT molecular complexity index is 287. The highest BCUT2D eigenvalue weighted by Gasteiger charge is 2.35. The Balaban J connectivity index is 2.27. The second kappa shape index (κ2) is 2.09. The topological polar surface area (TPSA) is 37.3 Å². The molecule has 2 heteroatoms. The van der Waals surface area contributed by atoms with Gasteiger partial charge in [-0.25, -0.2) is 0 Å². The Labute approximate surface area is 64.5 Å². The summed E-state index contributed by atoms with van der Waals surface area (Å²) in [5.41, 5.74) is 1.02. The molecule has 1 unspecified atom stereocenters. The average Bonchev–Trinajstić information content (AvgIpc) is 2.69. The Kier molecular flexibility index (Phi) is 1.22. The molecule has 0 aliphatic heterocycles. The molecule has 0 spiro atoms. The number of aromatic hydroxyl groups is 1. The lowest BCUT2D eigenvalue weighted by molar-refractivity contribution is -0.110. The fraction of sp³-hybridized carbons (Fsp3) is 0.222. The average molecular weight is 148 g/mol. The van der Waals surface area contributed by atoms with Gasteiger partial charge < -0.3 is 5.11 Å². The maximum absolute atomic E-state index is 10.7. The molecule has 0 radical (unpaired) electrons. The molecule has 1 N–H and O–H groups in total. The lowest BCUT2D eigenvalue weighted by Crippen LogP contribution is -1.79. The first kappa shape index (κ1) is 6.40. The van der Waals surface area contributed by atoms with Crippen LogP contribution in [0.4, 0.5) is 0 Å². The summed E-state index contributed by atoms with van der Waals surface area (Å²) in [4.78, 5) is 10.7. The molecule has 0 amide bonds. The summed E-state index contributed by atoms with van der Waals surface area (Å²) < 4.78 is 0. The molecule has 56 valence electrons. The van der Waals surface area contributed by atoms with E-state index < -0.39 is 0 Å². The molecule has 2 nitrogen and oxygen atoms in total. The first-order chi connectivity index (χ1) is 5.27. The van der Waals surface area contributed by atoms with Crippen LogP contribution in [-0.4, -0.2) is 10.9 Å². The monoisotopic (exact) mass is 148 g/mol. The number of benzene rings is 1. The molecule has 1 aliphatic carbocycles. The van der Waals surface area contributed by atoms with Gasteiger partial charge in [0.05, 0.1) is 0 Å². The van der Waals surface area contributed by atoms with Gasteiger partial charge in [-0.05, 0) is 17.7 Å². The van der Waals surface area contributed by atoms with E-state index in [0.29, 0.717) is 12.2 Å². The summed E-state index contributed by atoms with van der Waals surface area (Å²) in [6.45, 7) is 0. The third-order valence-electron chi connectivity index (χ3n) is 1.93. The minimum absolute atomic E-state index is 0.121. The van der Waals surface area contributed by atoms with Crippen molar-refractivity contribution < 1.29 is 9.90 Å². The Morgan fingerprint density at radius 3 is 2.27 bits per heavy atom. The number of carbonyl (C=O) groups excluding carboxylic acids is 1. The molecule has 1 aromatic rings. The van der Waals surface area contributed by atoms with E-state index in [-0.39, 0.29) is 11.7 Å². The van der Waals surface area contributed by atoms with Gasteiger partial charge in [0.2, 0.25) is 0 Å². The van der Waals surface area contributed by atoms with E-state index in [1.807, 2.05) is 0 Å².